The van der Waals surface area contributed by atoms with Gasteiger partial charge in [-0.2, -0.15) is 0 Å². The highest BCUT2D eigenvalue weighted by molar-refractivity contribution is 5.96. The van der Waals surface area contributed by atoms with Gasteiger partial charge < -0.3 is 19.5 Å². The molecule has 0 unspecified atom stereocenters. The van der Waals surface area contributed by atoms with Crippen LogP contribution in [0.5, 0.6) is 0 Å². The molecular formula is C20H24N4O4. The lowest BCUT2D eigenvalue weighted by atomic mass is 10.2. The zero-order valence-corrected chi connectivity index (χ0v) is 16.1. The molecule has 28 heavy (non-hydrogen) atoms. The van der Waals surface area contributed by atoms with Gasteiger partial charge in [-0.3, -0.25) is 19.3 Å². The highest BCUT2D eigenvalue weighted by Crippen LogP contribution is 2.12. The Kier molecular flexibility index (Phi) is 6.10. The first-order valence-electron chi connectivity index (χ1n) is 9.11. The maximum atomic E-state index is 12.3. The number of carbonyl (C=O) groups excluding carboxylic acids is 3. The summed E-state index contributed by atoms with van der Waals surface area (Å²) in [6.45, 7) is 2.59. The van der Waals surface area contributed by atoms with Crippen LogP contribution in [0, 0.1) is 0 Å². The minimum atomic E-state index is -0.127. The predicted octanol–water partition coefficient (Wildman–Crippen LogP) is 1.38. The number of hydrogen-bond donors (Lipinski definition) is 1. The van der Waals surface area contributed by atoms with Crippen molar-refractivity contribution in [3.8, 4) is 0 Å². The summed E-state index contributed by atoms with van der Waals surface area (Å²) >= 11 is 0. The second kappa shape index (κ2) is 8.71. The van der Waals surface area contributed by atoms with Crippen molar-refractivity contribution in [3.05, 3.63) is 54.0 Å². The van der Waals surface area contributed by atoms with E-state index in [0.29, 0.717) is 43.2 Å². The van der Waals surface area contributed by atoms with Crippen molar-refractivity contribution < 1.29 is 18.8 Å². The predicted molar refractivity (Wildman–Crippen MR) is 104 cm³/mol. The number of anilines is 1. The van der Waals surface area contributed by atoms with Gasteiger partial charge in [-0.25, -0.2) is 0 Å². The van der Waals surface area contributed by atoms with Crippen molar-refractivity contribution in [2.45, 2.75) is 0 Å². The molecule has 0 radical (unpaired) electrons. The molecule has 0 atom stereocenters. The number of amides is 3. The number of benzene rings is 1. The summed E-state index contributed by atoms with van der Waals surface area (Å²) in [5, 5.41) is 2.84. The molecule has 1 aromatic carbocycles. The average Bonchev–Trinajstić information content (AvgIpc) is 3.22. The zero-order chi connectivity index (χ0) is 20.1. The van der Waals surface area contributed by atoms with E-state index >= 15 is 0 Å². The van der Waals surface area contributed by atoms with E-state index in [1.807, 2.05) is 4.90 Å². The Morgan fingerprint density at radius 2 is 1.71 bits per heavy atom. The average molecular weight is 384 g/mol. The van der Waals surface area contributed by atoms with Gasteiger partial charge in [0.15, 0.2) is 5.76 Å². The van der Waals surface area contributed by atoms with Crippen LogP contribution in [0.3, 0.4) is 0 Å². The molecule has 3 amide bonds. The molecule has 0 spiro atoms. The number of rotatable bonds is 5. The molecule has 0 bridgehead atoms. The molecule has 1 aliphatic rings. The van der Waals surface area contributed by atoms with E-state index in [9.17, 15) is 14.4 Å². The molecule has 0 aliphatic carbocycles. The van der Waals surface area contributed by atoms with Gasteiger partial charge >= 0.3 is 0 Å². The Labute approximate surface area is 163 Å². The topological polar surface area (TPSA) is 86.1 Å². The van der Waals surface area contributed by atoms with Crippen LogP contribution < -0.4 is 5.32 Å². The van der Waals surface area contributed by atoms with Crippen LogP contribution >= 0.6 is 0 Å². The second-order valence-corrected chi connectivity index (χ2v) is 6.87. The zero-order valence-electron chi connectivity index (χ0n) is 16.1. The molecule has 0 saturated carbocycles. The van der Waals surface area contributed by atoms with E-state index in [1.165, 1.54) is 11.2 Å². The lowest BCUT2D eigenvalue weighted by Crippen LogP contribution is -2.50. The maximum Gasteiger partial charge on any atom is 0.289 e. The molecule has 1 fully saturated rings. The van der Waals surface area contributed by atoms with Gasteiger partial charge in [-0.05, 0) is 36.4 Å². The molecule has 1 saturated heterocycles. The molecule has 1 aromatic heterocycles. The highest BCUT2D eigenvalue weighted by Gasteiger charge is 2.24. The van der Waals surface area contributed by atoms with Crippen LogP contribution in [0.2, 0.25) is 0 Å². The molecule has 2 aromatic rings. The van der Waals surface area contributed by atoms with Crippen LogP contribution in [0.25, 0.3) is 0 Å². The van der Waals surface area contributed by atoms with Crippen LogP contribution in [-0.4, -0.2) is 79.2 Å². The van der Waals surface area contributed by atoms with E-state index in [1.54, 1.807) is 55.4 Å². The summed E-state index contributed by atoms with van der Waals surface area (Å²) < 4.78 is 5.15. The summed E-state index contributed by atoms with van der Waals surface area (Å²) in [4.78, 5) is 41.7. The molecular weight excluding hydrogens is 360 g/mol. The van der Waals surface area contributed by atoms with E-state index in [-0.39, 0.29) is 24.3 Å². The number of furan rings is 1. The fourth-order valence-corrected chi connectivity index (χ4v) is 3.02. The number of piperazine rings is 1. The van der Waals surface area contributed by atoms with E-state index in [2.05, 4.69) is 5.32 Å². The number of hydrogen-bond acceptors (Lipinski definition) is 5. The molecule has 8 nitrogen and oxygen atoms in total. The Morgan fingerprint density at radius 1 is 1.04 bits per heavy atom. The summed E-state index contributed by atoms with van der Waals surface area (Å²) in [5.41, 5.74) is 1.22. The molecule has 3 rings (SSSR count). The van der Waals surface area contributed by atoms with Crippen molar-refractivity contribution >= 4 is 23.4 Å². The number of nitrogens with zero attached hydrogens (tertiary/aromatic N) is 3. The van der Waals surface area contributed by atoms with Gasteiger partial charge in [-0.15, -0.1) is 0 Å². The molecule has 1 N–H and O–H groups in total. The SMILES string of the molecule is CN(C)C(=O)c1ccc(NC(=O)CN2CCN(C(=O)c3ccco3)CC2)cc1. The Bertz CT molecular complexity index is 822. The van der Waals surface area contributed by atoms with Crippen LogP contribution in [-0.2, 0) is 4.79 Å². The number of carbonyl (C=O) groups is 3. The first-order chi connectivity index (χ1) is 13.4. The lowest BCUT2D eigenvalue weighted by Gasteiger charge is -2.33. The second-order valence-electron chi connectivity index (χ2n) is 6.87. The van der Waals surface area contributed by atoms with Gasteiger partial charge in [0.2, 0.25) is 5.91 Å². The standard InChI is InChI=1S/C20H24N4O4/c1-22(2)19(26)15-5-7-16(8-6-15)21-18(25)14-23-9-11-24(12-10-23)20(27)17-4-3-13-28-17/h3-8,13H,9-12,14H2,1-2H3,(H,21,25). The van der Waals surface area contributed by atoms with Gasteiger partial charge in [0.05, 0.1) is 12.8 Å². The first-order valence-corrected chi connectivity index (χ1v) is 9.11. The number of nitrogens with one attached hydrogen (secondary N) is 1. The van der Waals surface area contributed by atoms with E-state index in [0.717, 1.165) is 0 Å². The van der Waals surface area contributed by atoms with E-state index < -0.39 is 0 Å². The largest absolute Gasteiger partial charge is 0.459 e. The van der Waals surface area contributed by atoms with E-state index in [4.69, 9.17) is 4.42 Å². The van der Waals surface area contributed by atoms with Crippen LogP contribution in [0.1, 0.15) is 20.9 Å². The normalized spacial score (nSPS) is 14.6. The summed E-state index contributed by atoms with van der Waals surface area (Å²) in [6, 6.07) is 10.2. The Hall–Kier alpha value is -3.13. The maximum absolute atomic E-state index is 12.3. The third-order valence-electron chi connectivity index (χ3n) is 4.58. The Morgan fingerprint density at radius 3 is 2.29 bits per heavy atom. The lowest BCUT2D eigenvalue weighted by molar-refractivity contribution is -0.117. The molecule has 148 valence electrons. The van der Waals surface area contributed by atoms with Gasteiger partial charge in [-0.1, -0.05) is 0 Å². The van der Waals surface area contributed by atoms with Gasteiger partial charge in [0.25, 0.3) is 11.8 Å². The quantitative estimate of drug-likeness (QED) is 0.842. The summed E-state index contributed by atoms with van der Waals surface area (Å²) in [6.07, 6.45) is 1.48. The molecule has 1 aliphatic heterocycles. The monoisotopic (exact) mass is 384 g/mol. The van der Waals surface area contributed by atoms with Crippen molar-refractivity contribution in [2.75, 3.05) is 52.1 Å². The molecule has 2 heterocycles. The van der Waals surface area contributed by atoms with Crippen LogP contribution in [0.15, 0.2) is 47.1 Å². The smallest absolute Gasteiger partial charge is 0.289 e. The van der Waals surface area contributed by atoms with Crippen molar-refractivity contribution in [1.82, 2.24) is 14.7 Å². The minimum absolute atomic E-state index is 0.0835. The Balaban J connectivity index is 1.46. The summed E-state index contributed by atoms with van der Waals surface area (Å²) in [7, 11) is 3.39. The highest BCUT2D eigenvalue weighted by atomic mass is 16.3. The van der Waals surface area contributed by atoms with Gasteiger partial charge in [0, 0.05) is 51.5 Å². The third kappa shape index (κ3) is 4.77. The van der Waals surface area contributed by atoms with Crippen molar-refractivity contribution in [1.29, 1.82) is 0 Å². The minimum Gasteiger partial charge on any atom is -0.459 e. The fraction of sp³-hybridized carbons (Fsp3) is 0.350. The van der Waals surface area contributed by atoms with Crippen molar-refractivity contribution in [3.63, 3.8) is 0 Å². The van der Waals surface area contributed by atoms with Gasteiger partial charge in [0.1, 0.15) is 0 Å². The van der Waals surface area contributed by atoms with Crippen molar-refractivity contribution in [2.24, 2.45) is 0 Å². The fourth-order valence-electron chi connectivity index (χ4n) is 3.02. The first kappa shape index (κ1) is 19.6. The summed E-state index contributed by atoms with van der Waals surface area (Å²) in [5.74, 6) is 0.00110. The third-order valence-corrected chi connectivity index (χ3v) is 4.58. The van der Waals surface area contributed by atoms with Crippen LogP contribution in [0.4, 0.5) is 5.69 Å². The molecule has 8 heteroatoms.